The lowest BCUT2D eigenvalue weighted by Gasteiger charge is -2.22. The van der Waals surface area contributed by atoms with Crippen LogP contribution in [0, 0.1) is 0 Å². The lowest BCUT2D eigenvalue weighted by molar-refractivity contribution is 0.0697. The smallest absolute Gasteiger partial charge is 0.335 e. The van der Waals surface area contributed by atoms with Crippen LogP contribution in [0.3, 0.4) is 0 Å². The van der Waals surface area contributed by atoms with Crippen LogP contribution in [0.1, 0.15) is 10.4 Å². The van der Waals surface area contributed by atoms with Gasteiger partial charge in [0.1, 0.15) is 11.5 Å². The number of hydrogen-bond acceptors (Lipinski definition) is 4. The van der Waals surface area contributed by atoms with Gasteiger partial charge in [0.25, 0.3) is 0 Å². The van der Waals surface area contributed by atoms with Gasteiger partial charge in [-0.2, -0.15) is 0 Å². The molecule has 0 aliphatic carbocycles. The number of halogens is 2. The highest BCUT2D eigenvalue weighted by molar-refractivity contribution is 6.18. The number of alkyl halides is 2. The minimum absolute atomic E-state index is 0.269. The van der Waals surface area contributed by atoms with E-state index in [1.54, 1.807) is 24.3 Å². The highest BCUT2D eigenvalue weighted by Gasteiger charge is 2.04. The number of nitrogens with zero attached hydrogens (tertiary/aromatic N) is 1. The van der Waals surface area contributed by atoms with Crippen molar-refractivity contribution in [3.8, 4) is 11.5 Å². The minimum Gasteiger partial charge on any atom is -0.508 e. The lowest BCUT2D eigenvalue weighted by Crippen LogP contribution is -2.27. The lowest BCUT2D eigenvalue weighted by atomic mass is 10.2. The molecule has 25 heavy (non-hydrogen) atoms. The van der Waals surface area contributed by atoms with Gasteiger partial charge in [0.05, 0.1) is 12.7 Å². The molecule has 0 fully saturated rings. The van der Waals surface area contributed by atoms with Gasteiger partial charge < -0.3 is 19.8 Å². The van der Waals surface area contributed by atoms with Crippen LogP contribution in [-0.4, -0.2) is 48.1 Å². The number of aromatic hydroxyl groups is 1. The van der Waals surface area contributed by atoms with Crippen LogP contribution in [0.2, 0.25) is 0 Å². The Morgan fingerprint density at radius 2 is 1.52 bits per heavy atom. The molecule has 2 N–H and O–H groups in total. The van der Waals surface area contributed by atoms with Gasteiger partial charge in [0.15, 0.2) is 0 Å². The van der Waals surface area contributed by atoms with Crippen LogP contribution in [0.15, 0.2) is 48.5 Å². The molecule has 0 bridgehead atoms. The predicted octanol–water partition coefficient (Wildman–Crippen LogP) is 4.07. The van der Waals surface area contributed by atoms with E-state index < -0.39 is 5.97 Å². The highest BCUT2D eigenvalue weighted by atomic mass is 35.5. The first-order valence-electron chi connectivity index (χ1n) is 7.55. The molecule has 7 heteroatoms. The Kier molecular flexibility index (Phi) is 9.58. The number of carbonyl (C=O) groups is 1. The van der Waals surface area contributed by atoms with Gasteiger partial charge in [0, 0.05) is 30.5 Å². The molecule has 0 aromatic heterocycles. The summed E-state index contributed by atoms with van der Waals surface area (Å²) in [5.41, 5.74) is 1.30. The van der Waals surface area contributed by atoms with E-state index in [2.05, 4.69) is 4.90 Å². The summed E-state index contributed by atoms with van der Waals surface area (Å²) in [6.07, 6.45) is 0. The molecule has 136 valence electrons. The third-order valence-corrected chi connectivity index (χ3v) is 3.60. The maximum atomic E-state index is 10.4. The monoisotopic (exact) mass is 385 g/mol. The average molecular weight is 386 g/mol. The number of hydrogen-bond donors (Lipinski definition) is 2. The number of carboxylic acids is 1. The second-order valence-corrected chi connectivity index (χ2v) is 5.67. The van der Waals surface area contributed by atoms with Gasteiger partial charge in [-0.25, -0.2) is 4.79 Å². The van der Waals surface area contributed by atoms with Crippen molar-refractivity contribution in [1.29, 1.82) is 0 Å². The first-order chi connectivity index (χ1) is 12.0. The third kappa shape index (κ3) is 7.54. The van der Waals surface area contributed by atoms with Gasteiger partial charge in [-0.05, 0) is 48.5 Å². The second kappa shape index (κ2) is 11.4. The number of benzene rings is 2. The molecular weight excluding hydrogens is 365 g/mol. The van der Waals surface area contributed by atoms with E-state index in [1.165, 1.54) is 19.2 Å². The predicted molar refractivity (Wildman–Crippen MR) is 102 cm³/mol. The van der Waals surface area contributed by atoms with E-state index in [4.69, 9.17) is 38.2 Å². The summed E-state index contributed by atoms with van der Waals surface area (Å²) in [4.78, 5) is 12.4. The molecule has 2 aromatic rings. The van der Waals surface area contributed by atoms with E-state index in [0.29, 0.717) is 17.5 Å². The van der Waals surface area contributed by atoms with Crippen molar-refractivity contribution < 1.29 is 19.7 Å². The maximum Gasteiger partial charge on any atom is 0.335 e. The fraction of sp³-hybridized carbons (Fsp3) is 0.278. The fourth-order valence-electron chi connectivity index (χ4n) is 1.97. The number of aromatic carboxylic acids is 1. The zero-order valence-electron chi connectivity index (χ0n) is 13.9. The molecular formula is C18H21Cl2NO4. The van der Waals surface area contributed by atoms with Crippen LogP contribution >= 0.6 is 23.2 Å². The number of ether oxygens (including phenoxy) is 1. The summed E-state index contributed by atoms with van der Waals surface area (Å²) < 4.78 is 4.86. The minimum atomic E-state index is -0.923. The van der Waals surface area contributed by atoms with Crippen molar-refractivity contribution in [2.75, 3.05) is 36.9 Å². The average Bonchev–Trinajstić information content (AvgIpc) is 2.63. The van der Waals surface area contributed by atoms with E-state index >= 15 is 0 Å². The molecule has 2 aromatic carbocycles. The summed E-state index contributed by atoms with van der Waals surface area (Å²) in [7, 11) is 1.54. The molecule has 0 saturated heterocycles. The van der Waals surface area contributed by atoms with Gasteiger partial charge in [-0.15, -0.1) is 23.2 Å². The Morgan fingerprint density at radius 3 is 1.92 bits per heavy atom. The zero-order valence-corrected chi connectivity index (χ0v) is 15.4. The Bertz CT molecular complexity index is 627. The molecule has 0 spiro atoms. The maximum absolute atomic E-state index is 10.4. The van der Waals surface area contributed by atoms with Crippen LogP contribution in [0.4, 0.5) is 5.69 Å². The number of phenols is 1. The van der Waals surface area contributed by atoms with Crippen LogP contribution in [0.25, 0.3) is 0 Å². The van der Waals surface area contributed by atoms with Gasteiger partial charge in [-0.3, -0.25) is 0 Å². The SMILES string of the molecule is COc1ccc(C(=O)O)cc1.Oc1ccc(N(CCCl)CCCl)cc1. The number of carboxylic acid groups (broad SMARTS) is 1. The first kappa shape index (κ1) is 20.9. The molecule has 0 saturated carbocycles. The summed E-state index contributed by atoms with van der Waals surface area (Å²) >= 11 is 11.4. The summed E-state index contributed by atoms with van der Waals surface area (Å²) in [6.45, 7) is 1.53. The number of phenolic OH excluding ortho intramolecular Hbond substituents is 1. The van der Waals surface area contributed by atoms with E-state index in [1.807, 2.05) is 12.1 Å². The van der Waals surface area contributed by atoms with Crippen LogP contribution in [-0.2, 0) is 0 Å². The highest BCUT2D eigenvalue weighted by Crippen LogP contribution is 2.18. The van der Waals surface area contributed by atoms with E-state index in [-0.39, 0.29) is 11.3 Å². The number of rotatable bonds is 7. The van der Waals surface area contributed by atoms with Crippen LogP contribution in [0.5, 0.6) is 11.5 Å². The van der Waals surface area contributed by atoms with E-state index in [9.17, 15) is 4.79 Å². The van der Waals surface area contributed by atoms with Crippen molar-refractivity contribution >= 4 is 34.9 Å². The van der Waals surface area contributed by atoms with Gasteiger partial charge in [0.2, 0.25) is 0 Å². The van der Waals surface area contributed by atoms with Crippen molar-refractivity contribution in [3.63, 3.8) is 0 Å². The molecule has 5 nitrogen and oxygen atoms in total. The Labute approximate surface area is 157 Å². The van der Waals surface area contributed by atoms with Crippen LogP contribution < -0.4 is 9.64 Å². The summed E-state index contributed by atoms with van der Waals surface area (Å²) in [5, 5.41) is 17.6. The first-order valence-corrected chi connectivity index (χ1v) is 8.62. The van der Waals surface area contributed by atoms with Crippen molar-refractivity contribution in [3.05, 3.63) is 54.1 Å². The fourth-order valence-corrected chi connectivity index (χ4v) is 2.38. The molecule has 2 rings (SSSR count). The standard InChI is InChI=1S/C10H13Cl2NO.C8H8O3/c11-5-7-13(8-6-12)9-1-3-10(14)4-2-9;1-11-7-4-2-6(3-5-7)8(9)10/h1-4,14H,5-8H2;2-5H,1H3,(H,9,10). The third-order valence-electron chi connectivity index (χ3n) is 3.26. The molecule has 0 atom stereocenters. The Hall–Kier alpha value is -2.11. The largest absolute Gasteiger partial charge is 0.508 e. The molecule has 0 unspecified atom stereocenters. The number of anilines is 1. The second-order valence-electron chi connectivity index (χ2n) is 4.92. The summed E-state index contributed by atoms with van der Waals surface area (Å²) in [5.74, 6) is 1.14. The Balaban J connectivity index is 0.000000257. The Morgan fingerprint density at radius 1 is 1.00 bits per heavy atom. The molecule has 0 amide bonds. The van der Waals surface area contributed by atoms with Gasteiger partial charge in [-0.1, -0.05) is 0 Å². The zero-order chi connectivity index (χ0) is 18.7. The normalized spacial score (nSPS) is 9.72. The van der Waals surface area contributed by atoms with Crippen molar-refractivity contribution in [2.45, 2.75) is 0 Å². The van der Waals surface area contributed by atoms with Gasteiger partial charge >= 0.3 is 5.97 Å². The molecule has 0 aliphatic heterocycles. The topological polar surface area (TPSA) is 70.0 Å². The molecule has 0 aliphatic rings. The van der Waals surface area contributed by atoms with Crippen molar-refractivity contribution in [2.24, 2.45) is 0 Å². The van der Waals surface area contributed by atoms with Crippen molar-refractivity contribution in [1.82, 2.24) is 0 Å². The molecule has 0 heterocycles. The summed E-state index contributed by atoms with van der Waals surface area (Å²) in [6, 6.07) is 13.3. The molecule has 0 radical (unpaired) electrons. The quantitative estimate of drug-likeness (QED) is 0.702. The van der Waals surface area contributed by atoms with E-state index in [0.717, 1.165) is 18.8 Å². The number of methoxy groups -OCH3 is 1.